The third-order valence-corrected chi connectivity index (χ3v) is 7.44. The molecule has 1 aliphatic carbocycles. The molecule has 4 amide bonds. The van der Waals surface area contributed by atoms with E-state index in [1.807, 2.05) is 50.2 Å². The van der Waals surface area contributed by atoms with E-state index in [0.717, 1.165) is 34.6 Å². The summed E-state index contributed by atoms with van der Waals surface area (Å²) in [5, 5.41) is 3.11. The van der Waals surface area contributed by atoms with Crippen molar-refractivity contribution in [2.45, 2.75) is 45.1 Å². The van der Waals surface area contributed by atoms with Crippen molar-refractivity contribution >= 4 is 35.0 Å². The smallest absolute Gasteiger partial charge is 0.262 e. The molecule has 7 nitrogen and oxygen atoms in total. The van der Waals surface area contributed by atoms with Crippen molar-refractivity contribution in [2.75, 3.05) is 16.8 Å². The van der Waals surface area contributed by atoms with Gasteiger partial charge in [-0.15, -0.1) is 0 Å². The van der Waals surface area contributed by atoms with Crippen LogP contribution in [0.4, 0.5) is 11.4 Å². The monoisotopic (exact) mass is 495 g/mol. The van der Waals surface area contributed by atoms with Gasteiger partial charge in [-0.3, -0.25) is 29.0 Å². The molecule has 1 aliphatic heterocycles. The molecular formula is C30H29N3O4. The number of benzene rings is 3. The van der Waals surface area contributed by atoms with Crippen LogP contribution in [0.15, 0.2) is 72.8 Å². The number of imide groups is 1. The summed E-state index contributed by atoms with van der Waals surface area (Å²) >= 11 is 0. The predicted molar refractivity (Wildman–Crippen MR) is 141 cm³/mol. The number of hydrogen-bond acceptors (Lipinski definition) is 4. The third kappa shape index (κ3) is 4.20. The van der Waals surface area contributed by atoms with Gasteiger partial charge in [-0.2, -0.15) is 0 Å². The molecule has 188 valence electrons. The Labute approximate surface area is 216 Å². The van der Waals surface area contributed by atoms with Crippen molar-refractivity contribution in [3.8, 4) is 0 Å². The second kappa shape index (κ2) is 9.65. The number of amides is 4. The first-order valence-electron chi connectivity index (χ1n) is 12.5. The first kappa shape index (κ1) is 24.4. The number of carbonyl (C=O) groups is 4. The summed E-state index contributed by atoms with van der Waals surface area (Å²) in [6, 6.07) is 21.4. The average Bonchev–Trinajstić information content (AvgIpc) is 3.48. The van der Waals surface area contributed by atoms with Gasteiger partial charge in [0.1, 0.15) is 12.1 Å². The number of rotatable bonds is 6. The van der Waals surface area contributed by atoms with E-state index in [1.54, 1.807) is 36.4 Å². The van der Waals surface area contributed by atoms with Crippen LogP contribution >= 0.6 is 0 Å². The van der Waals surface area contributed by atoms with Crippen molar-refractivity contribution in [3.63, 3.8) is 0 Å². The van der Waals surface area contributed by atoms with Gasteiger partial charge >= 0.3 is 0 Å². The predicted octanol–water partition coefficient (Wildman–Crippen LogP) is 4.88. The Kier molecular flexibility index (Phi) is 6.38. The number of nitrogens with zero attached hydrogens (tertiary/aromatic N) is 2. The van der Waals surface area contributed by atoms with E-state index >= 15 is 0 Å². The Morgan fingerprint density at radius 1 is 0.811 bits per heavy atom. The molecule has 0 unspecified atom stereocenters. The minimum Gasteiger partial charge on any atom is -0.324 e. The topological polar surface area (TPSA) is 86.8 Å². The molecular weight excluding hydrogens is 466 g/mol. The minimum atomic E-state index is -1.15. The lowest BCUT2D eigenvalue weighted by Gasteiger charge is -2.40. The van der Waals surface area contributed by atoms with Crippen LogP contribution in [0, 0.1) is 13.8 Å². The van der Waals surface area contributed by atoms with Gasteiger partial charge in [0.05, 0.1) is 11.1 Å². The summed E-state index contributed by atoms with van der Waals surface area (Å²) in [5.41, 5.74) is 2.59. The highest BCUT2D eigenvalue weighted by Gasteiger charge is 2.50. The van der Waals surface area contributed by atoms with Gasteiger partial charge in [-0.1, -0.05) is 61.4 Å². The van der Waals surface area contributed by atoms with Gasteiger partial charge in [-0.25, -0.2) is 0 Å². The highest BCUT2D eigenvalue weighted by atomic mass is 16.2. The normalized spacial score (nSPS) is 16.0. The summed E-state index contributed by atoms with van der Waals surface area (Å²) in [6.07, 6.45) is 2.52. The Bertz CT molecular complexity index is 1340. The largest absolute Gasteiger partial charge is 0.324 e. The van der Waals surface area contributed by atoms with E-state index < -0.39 is 29.8 Å². The molecule has 0 saturated heterocycles. The Hall–Kier alpha value is -4.26. The van der Waals surface area contributed by atoms with Crippen LogP contribution in [0.2, 0.25) is 0 Å². The zero-order valence-electron chi connectivity index (χ0n) is 21.0. The van der Waals surface area contributed by atoms with E-state index in [4.69, 9.17) is 0 Å². The van der Waals surface area contributed by atoms with E-state index in [0.29, 0.717) is 18.5 Å². The van der Waals surface area contributed by atoms with E-state index in [1.165, 1.54) is 4.90 Å². The molecule has 0 aromatic heterocycles. The number of carbonyl (C=O) groups excluding carboxylic acids is 4. The van der Waals surface area contributed by atoms with Gasteiger partial charge in [0.2, 0.25) is 5.91 Å². The van der Waals surface area contributed by atoms with Crippen LogP contribution in [0.25, 0.3) is 0 Å². The second-order valence-corrected chi connectivity index (χ2v) is 9.77. The first-order valence-corrected chi connectivity index (χ1v) is 12.5. The van der Waals surface area contributed by atoms with Gasteiger partial charge in [0.25, 0.3) is 17.7 Å². The van der Waals surface area contributed by atoms with Gasteiger partial charge in [0.15, 0.2) is 0 Å². The molecule has 1 N–H and O–H groups in total. The molecule has 1 saturated carbocycles. The third-order valence-electron chi connectivity index (χ3n) is 7.44. The van der Waals surface area contributed by atoms with Crippen molar-refractivity contribution in [2.24, 2.45) is 0 Å². The lowest BCUT2D eigenvalue weighted by Crippen LogP contribution is -2.60. The maximum absolute atomic E-state index is 14.1. The molecule has 0 spiro atoms. The quantitative estimate of drug-likeness (QED) is 0.494. The van der Waals surface area contributed by atoms with Crippen LogP contribution < -0.4 is 10.2 Å². The Balaban J connectivity index is 1.52. The van der Waals surface area contributed by atoms with E-state index in [2.05, 4.69) is 5.32 Å². The maximum atomic E-state index is 14.1. The molecule has 0 atom stereocenters. The summed E-state index contributed by atoms with van der Waals surface area (Å²) in [6.45, 7) is 3.43. The molecule has 1 heterocycles. The number of hydrogen-bond donors (Lipinski definition) is 1. The zero-order valence-corrected chi connectivity index (χ0v) is 21.0. The SMILES string of the molecule is Cc1cccc(C)c1NC(=O)C1(N(C(=O)CN2C(=O)c3ccccc3C2=O)c2ccccc2)CCCC1. The molecule has 0 bridgehead atoms. The second-order valence-electron chi connectivity index (χ2n) is 9.77. The minimum absolute atomic E-state index is 0.262. The van der Waals surface area contributed by atoms with Gasteiger partial charge in [0, 0.05) is 11.4 Å². The Morgan fingerprint density at radius 3 is 1.92 bits per heavy atom. The van der Waals surface area contributed by atoms with Crippen molar-refractivity contribution in [3.05, 3.63) is 95.1 Å². The number of aryl methyl sites for hydroxylation is 2. The van der Waals surface area contributed by atoms with Gasteiger partial charge < -0.3 is 5.32 Å². The fraction of sp³-hybridized carbons (Fsp3) is 0.267. The molecule has 1 fully saturated rings. The fourth-order valence-corrected chi connectivity index (χ4v) is 5.55. The Morgan fingerprint density at radius 2 is 1.35 bits per heavy atom. The highest BCUT2D eigenvalue weighted by Crippen LogP contribution is 2.40. The zero-order chi connectivity index (χ0) is 26.2. The highest BCUT2D eigenvalue weighted by molar-refractivity contribution is 6.23. The average molecular weight is 496 g/mol. The van der Waals surface area contributed by atoms with E-state index in [9.17, 15) is 19.2 Å². The van der Waals surface area contributed by atoms with Crippen LogP contribution in [-0.2, 0) is 9.59 Å². The summed E-state index contributed by atoms with van der Waals surface area (Å²) in [5.74, 6) is -1.73. The molecule has 3 aromatic rings. The van der Waals surface area contributed by atoms with Crippen molar-refractivity contribution < 1.29 is 19.2 Å². The molecule has 2 aliphatic rings. The lowest BCUT2D eigenvalue weighted by molar-refractivity contribution is -0.127. The summed E-state index contributed by atoms with van der Waals surface area (Å²) in [4.78, 5) is 56.6. The van der Waals surface area contributed by atoms with Crippen LogP contribution in [0.3, 0.4) is 0 Å². The summed E-state index contributed by atoms with van der Waals surface area (Å²) < 4.78 is 0. The fourth-order valence-electron chi connectivity index (χ4n) is 5.55. The van der Waals surface area contributed by atoms with Crippen molar-refractivity contribution in [1.29, 1.82) is 0 Å². The number of fused-ring (bicyclic) bond motifs is 1. The standard InChI is InChI=1S/C30H29N3O4/c1-20-11-10-12-21(2)26(20)31-29(37)30(17-8-9-18-30)33(22-13-4-3-5-14-22)25(34)19-32-27(35)23-15-6-7-16-24(23)28(32)36/h3-7,10-16H,8-9,17-19H2,1-2H3,(H,31,37). The molecule has 0 radical (unpaired) electrons. The number of nitrogens with one attached hydrogen (secondary N) is 1. The molecule has 7 heteroatoms. The summed E-state index contributed by atoms with van der Waals surface area (Å²) in [7, 11) is 0. The number of anilines is 2. The maximum Gasteiger partial charge on any atom is 0.262 e. The first-order chi connectivity index (χ1) is 17.8. The van der Waals surface area contributed by atoms with E-state index in [-0.39, 0.29) is 17.0 Å². The van der Waals surface area contributed by atoms with Crippen LogP contribution in [0.1, 0.15) is 57.5 Å². The molecule has 5 rings (SSSR count). The van der Waals surface area contributed by atoms with Gasteiger partial charge in [-0.05, 0) is 62.1 Å². The lowest BCUT2D eigenvalue weighted by atomic mass is 9.91. The molecule has 3 aromatic carbocycles. The molecule has 37 heavy (non-hydrogen) atoms. The van der Waals surface area contributed by atoms with Crippen molar-refractivity contribution in [1.82, 2.24) is 4.90 Å². The number of para-hydroxylation sites is 2. The van der Waals surface area contributed by atoms with Crippen LogP contribution in [0.5, 0.6) is 0 Å². The van der Waals surface area contributed by atoms with Crippen LogP contribution in [-0.4, -0.2) is 40.6 Å².